The lowest BCUT2D eigenvalue weighted by Crippen LogP contribution is -2.18. The summed E-state index contributed by atoms with van der Waals surface area (Å²) in [6.45, 7) is 8.96. The highest BCUT2D eigenvalue weighted by Crippen LogP contribution is 2.63. The molecule has 0 amide bonds. The van der Waals surface area contributed by atoms with Gasteiger partial charge < -0.3 is 13.8 Å². The molecule has 23 heavy (non-hydrogen) atoms. The summed E-state index contributed by atoms with van der Waals surface area (Å²) in [5, 5.41) is 0. The summed E-state index contributed by atoms with van der Waals surface area (Å²) in [6, 6.07) is 8.94. The minimum atomic E-state index is -3.68. The molecule has 1 rings (SSSR count). The van der Waals surface area contributed by atoms with Gasteiger partial charge in [0.2, 0.25) is 5.85 Å². The third-order valence-corrected chi connectivity index (χ3v) is 5.19. The largest absolute Gasteiger partial charge is 0.444 e. The molecule has 130 valence electrons. The molecule has 0 saturated heterocycles. The molecule has 1 unspecified atom stereocenters. The molecule has 0 spiro atoms. The molecule has 1 aromatic rings. The van der Waals surface area contributed by atoms with Crippen molar-refractivity contribution >= 4 is 13.6 Å². The fraction of sp³-hybridized carbons (Fsp3) is 0.588. The Kier molecular flexibility index (Phi) is 7.97. The molecule has 0 fully saturated rings. The van der Waals surface area contributed by atoms with Crippen molar-refractivity contribution in [1.82, 2.24) is 0 Å². The van der Waals surface area contributed by atoms with E-state index in [4.69, 9.17) is 13.8 Å². The number of ether oxygens (including phenoxy) is 1. The highest BCUT2D eigenvalue weighted by molar-refractivity contribution is 7.54. The summed E-state index contributed by atoms with van der Waals surface area (Å²) < 4.78 is 30.0. The first-order valence-electron chi connectivity index (χ1n) is 7.99. The summed E-state index contributed by atoms with van der Waals surface area (Å²) in [4.78, 5) is 12.0. The van der Waals surface area contributed by atoms with E-state index in [0.29, 0.717) is 12.0 Å². The van der Waals surface area contributed by atoms with Gasteiger partial charge in [-0.1, -0.05) is 37.3 Å². The van der Waals surface area contributed by atoms with Gasteiger partial charge in [-0.2, -0.15) is 0 Å². The van der Waals surface area contributed by atoms with Gasteiger partial charge in [0.05, 0.1) is 12.2 Å². The Morgan fingerprint density at radius 2 is 1.57 bits per heavy atom. The summed E-state index contributed by atoms with van der Waals surface area (Å²) in [5.74, 6) is -1.48. The number of carbonyl (C=O) groups excluding carboxylic acids is 1. The van der Waals surface area contributed by atoms with Gasteiger partial charge >= 0.3 is 13.6 Å². The van der Waals surface area contributed by atoms with Gasteiger partial charge in [-0.3, -0.25) is 9.36 Å². The number of carbonyl (C=O) groups is 1. The van der Waals surface area contributed by atoms with E-state index >= 15 is 0 Å². The molecular weight excluding hydrogens is 315 g/mol. The molecule has 0 aliphatic rings. The summed E-state index contributed by atoms with van der Waals surface area (Å²) in [7, 11) is -3.68. The smallest absolute Gasteiger partial charge is 0.376 e. The second-order valence-electron chi connectivity index (χ2n) is 5.85. The Labute approximate surface area is 138 Å². The normalized spacial score (nSPS) is 13.3. The van der Waals surface area contributed by atoms with Gasteiger partial charge in [-0.15, -0.1) is 0 Å². The monoisotopic (exact) mass is 342 g/mol. The molecular formula is C17H27O5P. The number of benzene rings is 1. The van der Waals surface area contributed by atoms with Crippen LogP contribution in [0.5, 0.6) is 0 Å². The predicted octanol–water partition coefficient (Wildman–Crippen LogP) is 5.07. The molecule has 1 atom stereocenters. The molecule has 1 aromatic carbocycles. The van der Waals surface area contributed by atoms with Crippen LogP contribution < -0.4 is 0 Å². The molecule has 6 heteroatoms. The van der Waals surface area contributed by atoms with Crippen LogP contribution in [0.2, 0.25) is 0 Å². The topological polar surface area (TPSA) is 61.8 Å². The van der Waals surface area contributed by atoms with E-state index < -0.39 is 19.4 Å². The maximum Gasteiger partial charge on any atom is 0.376 e. The molecule has 0 radical (unpaired) electrons. The maximum atomic E-state index is 13.4. The molecule has 0 aromatic heterocycles. The highest BCUT2D eigenvalue weighted by Gasteiger charge is 2.42. The van der Waals surface area contributed by atoms with E-state index in [0.717, 1.165) is 0 Å². The summed E-state index contributed by atoms with van der Waals surface area (Å²) in [5.41, 5.74) is 0.599. The summed E-state index contributed by atoms with van der Waals surface area (Å²) in [6.07, 6.45) is 0.263. The number of esters is 1. The van der Waals surface area contributed by atoms with Crippen molar-refractivity contribution in [1.29, 1.82) is 0 Å². The third kappa shape index (κ3) is 6.46. The van der Waals surface area contributed by atoms with Crippen molar-refractivity contribution in [3.8, 4) is 0 Å². The second kappa shape index (κ2) is 9.21. The van der Waals surface area contributed by atoms with Crippen molar-refractivity contribution < 1.29 is 23.1 Å². The Morgan fingerprint density at radius 1 is 1.04 bits per heavy atom. The Morgan fingerprint density at radius 3 is 2.00 bits per heavy atom. The Balaban J connectivity index is 3.21. The first-order valence-corrected chi connectivity index (χ1v) is 9.60. The van der Waals surface area contributed by atoms with Crippen LogP contribution in [-0.2, 0) is 23.1 Å². The van der Waals surface area contributed by atoms with Gasteiger partial charge in [0.25, 0.3) is 0 Å². The van der Waals surface area contributed by atoms with E-state index in [1.807, 2.05) is 13.0 Å². The van der Waals surface area contributed by atoms with Crippen LogP contribution in [0.4, 0.5) is 0 Å². The predicted molar refractivity (Wildman–Crippen MR) is 90.2 cm³/mol. The zero-order valence-electron chi connectivity index (χ0n) is 14.5. The van der Waals surface area contributed by atoms with Crippen molar-refractivity contribution in [2.24, 2.45) is 0 Å². The minimum absolute atomic E-state index is 0.257. The van der Waals surface area contributed by atoms with Gasteiger partial charge in [0.1, 0.15) is 0 Å². The minimum Gasteiger partial charge on any atom is -0.444 e. The quantitative estimate of drug-likeness (QED) is 0.463. The SMILES string of the molecule is CCCC(=O)OC(c1ccccc1)P(=O)(OC(C)C)OC(C)C. The average molecular weight is 342 g/mol. The van der Waals surface area contributed by atoms with E-state index in [-0.39, 0.29) is 18.6 Å². The fourth-order valence-corrected chi connectivity index (χ4v) is 4.27. The van der Waals surface area contributed by atoms with Gasteiger partial charge in [-0.05, 0) is 34.1 Å². The lowest BCUT2D eigenvalue weighted by atomic mass is 10.2. The molecule has 0 bridgehead atoms. The zero-order chi connectivity index (χ0) is 17.5. The molecule has 0 N–H and O–H groups in total. The zero-order valence-corrected chi connectivity index (χ0v) is 15.4. The Hall–Kier alpha value is -1.16. The first kappa shape index (κ1) is 19.9. The maximum absolute atomic E-state index is 13.4. The van der Waals surface area contributed by atoms with Crippen molar-refractivity contribution in [2.45, 2.75) is 65.5 Å². The van der Waals surface area contributed by atoms with Crippen LogP contribution in [0, 0.1) is 0 Å². The molecule has 5 nitrogen and oxygen atoms in total. The van der Waals surface area contributed by atoms with Gasteiger partial charge in [0.15, 0.2) is 0 Å². The van der Waals surface area contributed by atoms with Crippen molar-refractivity contribution in [3.63, 3.8) is 0 Å². The van der Waals surface area contributed by atoms with Crippen LogP contribution in [0.15, 0.2) is 30.3 Å². The third-order valence-electron chi connectivity index (χ3n) is 2.78. The van der Waals surface area contributed by atoms with Gasteiger partial charge in [0, 0.05) is 12.0 Å². The van der Waals surface area contributed by atoms with E-state index in [1.54, 1.807) is 52.0 Å². The lowest BCUT2D eigenvalue weighted by molar-refractivity contribution is -0.147. The van der Waals surface area contributed by atoms with Crippen LogP contribution in [0.25, 0.3) is 0 Å². The molecule has 0 saturated carbocycles. The standard InChI is InChI=1S/C17H27O5P/c1-6-10-16(18)20-17(15-11-8-7-9-12-15)23(19,21-13(2)3)22-14(4)5/h7-9,11-14,17H,6,10H2,1-5H3. The summed E-state index contributed by atoms with van der Waals surface area (Å²) >= 11 is 0. The van der Waals surface area contributed by atoms with Crippen molar-refractivity contribution in [2.75, 3.05) is 0 Å². The molecule has 0 aliphatic carbocycles. The van der Waals surface area contributed by atoms with Crippen LogP contribution in [0.1, 0.15) is 58.9 Å². The van der Waals surface area contributed by atoms with E-state index in [2.05, 4.69) is 0 Å². The average Bonchev–Trinajstić information content (AvgIpc) is 2.44. The molecule has 0 aliphatic heterocycles. The Bertz CT molecular complexity index is 513. The number of hydrogen-bond acceptors (Lipinski definition) is 5. The lowest BCUT2D eigenvalue weighted by Gasteiger charge is -2.29. The fourth-order valence-electron chi connectivity index (χ4n) is 2.04. The van der Waals surface area contributed by atoms with Crippen LogP contribution in [-0.4, -0.2) is 18.2 Å². The van der Waals surface area contributed by atoms with Crippen molar-refractivity contribution in [3.05, 3.63) is 35.9 Å². The van der Waals surface area contributed by atoms with E-state index in [9.17, 15) is 9.36 Å². The number of rotatable bonds is 9. The van der Waals surface area contributed by atoms with Crippen LogP contribution >= 0.6 is 7.60 Å². The van der Waals surface area contributed by atoms with Gasteiger partial charge in [-0.25, -0.2) is 0 Å². The highest BCUT2D eigenvalue weighted by atomic mass is 31.2. The second-order valence-corrected chi connectivity index (χ2v) is 7.82. The first-order chi connectivity index (χ1) is 10.8. The number of hydrogen-bond donors (Lipinski definition) is 0. The van der Waals surface area contributed by atoms with E-state index in [1.165, 1.54) is 0 Å². The molecule has 0 heterocycles. The van der Waals surface area contributed by atoms with Crippen LogP contribution in [0.3, 0.4) is 0 Å².